The summed E-state index contributed by atoms with van der Waals surface area (Å²) in [6, 6.07) is 14.3. The second-order valence-corrected chi connectivity index (χ2v) is 6.33. The van der Waals surface area contributed by atoms with Crippen molar-refractivity contribution in [3.05, 3.63) is 65.9 Å². The molecular weight excluding hydrogens is 352 g/mol. The zero-order valence-corrected chi connectivity index (χ0v) is 14.9. The Morgan fingerprint density at radius 3 is 2.50 bits per heavy atom. The fourth-order valence-corrected chi connectivity index (χ4v) is 2.84. The van der Waals surface area contributed by atoms with Crippen LogP contribution in [-0.4, -0.2) is 34.8 Å². The summed E-state index contributed by atoms with van der Waals surface area (Å²) in [5.41, 5.74) is 2.85. The molecule has 0 fully saturated rings. The summed E-state index contributed by atoms with van der Waals surface area (Å²) in [4.78, 5) is 32.0. The van der Waals surface area contributed by atoms with Crippen LogP contribution >= 0.6 is 11.8 Å². The van der Waals surface area contributed by atoms with Crippen molar-refractivity contribution < 1.29 is 19.1 Å². The number of rotatable bonds is 6. The first-order chi connectivity index (χ1) is 12.7. The van der Waals surface area contributed by atoms with Crippen LogP contribution in [0.15, 0.2) is 59.8 Å². The summed E-state index contributed by atoms with van der Waals surface area (Å²) in [7, 11) is 1.33. The predicted molar refractivity (Wildman–Crippen MR) is 97.8 cm³/mol. The number of methoxy groups -OCH3 is 1. The fraction of sp³-hybridized carbons (Fsp3) is 0.158. The standard InChI is InChI=1S/C19H16N2O4S/c1-24-19(23)14-8-6-13(7-9-14)11-25-18(22)12-26-17-10-20-15-4-2-3-5-16(15)21-17/h2-10H,11-12H2,1H3. The molecule has 0 spiro atoms. The van der Waals surface area contributed by atoms with Crippen molar-refractivity contribution >= 4 is 34.7 Å². The van der Waals surface area contributed by atoms with E-state index in [1.54, 1.807) is 30.5 Å². The topological polar surface area (TPSA) is 78.4 Å². The third kappa shape index (κ3) is 4.58. The lowest BCUT2D eigenvalue weighted by Crippen LogP contribution is -2.08. The number of carbonyl (C=O) groups excluding carboxylic acids is 2. The van der Waals surface area contributed by atoms with Crippen LogP contribution in [0.5, 0.6) is 0 Å². The van der Waals surface area contributed by atoms with Crippen molar-refractivity contribution in [2.24, 2.45) is 0 Å². The van der Waals surface area contributed by atoms with Crippen LogP contribution < -0.4 is 0 Å². The molecule has 6 nitrogen and oxygen atoms in total. The molecule has 0 atom stereocenters. The Kier molecular flexibility index (Phi) is 5.80. The van der Waals surface area contributed by atoms with Crippen molar-refractivity contribution in [3.8, 4) is 0 Å². The van der Waals surface area contributed by atoms with Crippen LogP contribution in [0.25, 0.3) is 11.0 Å². The van der Waals surface area contributed by atoms with E-state index >= 15 is 0 Å². The van der Waals surface area contributed by atoms with Crippen molar-refractivity contribution in [2.75, 3.05) is 12.9 Å². The average Bonchev–Trinajstić information content (AvgIpc) is 2.70. The van der Waals surface area contributed by atoms with E-state index < -0.39 is 5.97 Å². The summed E-state index contributed by atoms with van der Waals surface area (Å²) in [6.07, 6.45) is 1.64. The molecule has 0 unspecified atom stereocenters. The van der Waals surface area contributed by atoms with Gasteiger partial charge in [-0.15, -0.1) is 0 Å². The molecule has 0 aliphatic rings. The Balaban J connectivity index is 1.50. The molecule has 0 radical (unpaired) electrons. The van der Waals surface area contributed by atoms with Gasteiger partial charge in [-0.25, -0.2) is 9.78 Å². The van der Waals surface area contributed by atoms with Crippen LogP contribution in [0.2, 0.25) is 0 Å². The third-order valence-electron chi connectivity index (χ3n) is 3.54. The molecule has 0 saturated carbocycles. The number of hydrogen-bond acceptors (Lipinski definition) is 7. The molecule has 0 N–H and O–H groups in total. The summed E-state index contributed by atoms with van der Waals surface area (Å²) in [5.74, 6) is -0.601. The van der Waals surface area contributed by atoms with E-state index in [1.165, 1.54) is 18.9 Å². The molecule has 0 aliphatic carbocycles. The molecule has 0 saturated heterocycles. The molecule has 3 aromatic rings. The highest BCUT2D eigenvalue weighted by Gasteiger charge is 2.08. The first-order valence-corrected chi connectivity index (χ1v) is 8.82. The largest absolute Gasteiger partial charge is 0.465 e. The normalized spacial score (nSPS) is 10.5. The monoisotopic (exact) mass is 368 g/mol. The third-order valence-corrected chi connectivity index (χ3v) is 4.41. The second kappa shape index (κ2) is 8.44. The number of benzene rings is 2. The van der Waals surface area contributed by atoms with E-state index in [9.17, 15) is 9.59 Å². The van der Waals surface area contributed by atoms with Crippen LogP contribution in [0.1, 0.15) is 15.9 Å². The first kappa shape index (κ1) is 17.9. The van der Waals surface area contributed by atoms with Crippen molar-refractivity contribution in [1.29, 1.82) is 0 Å². The molecule has 0 aliphatic heterocycles. The second-order valence-electron chi connectivity index (χ2n) is 5.33. The summed E-state index contributed by atoms with van der Waals surface area (Å²) < 4.78 is 9.88. The number of nitrogens with zero attached hydrogens (tertiary/aromatic N) is 2. The number of para-hydroxylation sites is 2. The van der Waals surface area contributed by atoms with E-state index in [0.717, 1.165) is 16.6 Å². The Morgan fingerprint density at radius 1 is 1.04 bits per heavy atom. The molecular formula is C19H16N2O4S. The number of carbonyl (C=O) groups is 2. The van der Waals surface area contributed by atoms with Gasteiger partial charge in [0.05, 0.1) is 35.7 Å². The Labute approximate surface area is 154 Å². The van der Waals surface area contributed by atoms with Gasteiger partial charge in [0.15, 0.2) is 0 Å². The van der Waals surface area contributed by atoms with Crippen LogP contribution in [0.4, 0.5) is 0 Å². The van der Waals surface area contributed by atoms with Crippen LogP contribution in [-0.2, 0) is 20.9 Å². The van der Waals surface area contributed by atoms with Gasteiger partial charge in [0, 0.05) is 0 Å². The van der Waals surface area contributed by atoms with Gasteiger partial charge in [0.2, 0.25) is 0 Å². The van der Waals surface area contributed by atoms with Gasteiger partial charge >= 0.3 is 11.9 Å². The van der Waals surface area contributed by atoms with Gasteiger partial charge in [0.25, 0.3) is 0 Å². The van der Waals surface area contributed by atoms with Gasteiger partial charge in [0.1, 0.15) is 11.6 Å². The van der Waals surface area contributed by atoms with Gasteiger partial charge < -0.3 is 9.47 Å². The minimum Gasteiger partial charge on any atom is -0.465 e. The summed E-state index contributed by atoms with van der Waals surface area (Å²) in [5, 5.41) is 0.670. The molecule has 2 aromatic carbocycles. The molecule has 0 amide bonds. The van der Waals surface area contributed by atoms with Crippen LogP contribution in [0, 0.1) is 0 Å². The Bertz CT molecular complexity index is 928. The number of aromatic nitrogens is 2. The SMILES string of the molecule is COC(=O)c1ccc(COC(=O)CSc2cnc3ccccc3n2)cc1. The van der Waals surface area contributed by atoms with Crippen molar-refractivity contribution in [3.63, 3.8) is 0 Å². The molecule has 0 bridgehead atoms. The first-order valence-electron chi connectivity index (χ1n) is 7.83. The molecule has 1 heterocycles. The highest BCUT2D eigenvalue weighted by atomic mass is 32.2. The Hall–Kier alpha value is -2.93. The van der Waals surface area contributed by atoms with Gasteiger partial charge in [-0.05, 0) is 29.8 Å². The maximum Gasteiger partial charge on any atom is 0.337 e. The van der Waals surface area contributed by atoms with Gasteiger partial charge in [-0.1, -0.05) is 36.0 Å². The van der Waals surface area contributed by atoms with Gasteiger partial charge in [-0.3, -0.25) is 9.78 Å². The van der Waals surface area contributed by atoms with Crippen molar-refractivity contribution in [1.82, 2.24) is 9.97 Å². The predicted octanol–water partition coefficient (Wildman–Crippen LogP) is 3.25. The number of ether oxygens (including phenoxy) is 2. The fourth-order valence-electron chi connectivity index (χ4n) is 2.20. The number of thioether (sulfide) groups is 1. The molecule has 1 aromatic heterocycles. The number of fused-ring (bicyclic) bond motifs is 1. The Morgan fingerprint density at radius 2 is 1.77 bits per heavy atom. The van der Waals surface area contributed by atoms with E-state index in [4.69, 9.17) is 4.74 Å². The maximum absolute atomic E-state index is 11.9. The highest BCUT2D eigenvalue weighted by Crippen LogP contribution is 2.18. The molecule has 26 heavy (non-hydrogen) atoms. The average molecular weight is 368 g/mol. The maximum atomic E-state index is 11.9. The number of esters is 2. The summed E-state index contributed by atoms with van der Waals surface area (Å²) in [6.45, 7) is 0.143. The summed E-state index contributed by atoms with van der Waals surface area (Å²) >= 11 is 1.28. The quantitative estimate of drug-likeness (QED) is 0.488. The smallest absolute Gasteiger partial charge is 0.337 e. The van der Waals surface area contributed by atoms with E-state index in [2.05, 4.69) is 14.7 Å². The molecule has 3 rings (SSSR count). The number of hydrogen-bond donors (Lipinski definition) is 0. The zero-order chi connectivity index (χ0) is 18.4. The zero-order valence-electron chi connectivity index (χ0n) is 14.0. The van der Waals surface area contributed by atoms with E-state index in [1.807, 2.05) is 24.3 Å². The molecule has 7 heteroatoms. The lowest BCUT2D eigenvalue weighted by Gasteiger charge is -2.06. The lowest BCUT2D eigenvalue weighted by atomic mass is 10.1. The van der Waals surface area contributed by atoms with E-state index in [0.29, 0.717) is 10.6 Å². The van der Waals surface area contributed by atoms with Crippen LogP contribution in [0.3, 0.4) is 0 Å². The minimum atomic E-state index is -0.401. The lowest BCUT2D eigenvalue weighted by molar-refractivity contribution is -0.141. The van der Waals surface area contributed by atoms with Gasteiger partial charge in [-0.2, -0.15) is 0 Å². The van der Waals surface area contributed by atoms with Crippen molar-refractivity contribution in [2.45, 2.75) is 11.6 Å². The minimum absolute atomic E-state index is 0.143. The molecule has 132 valence electrons. The highest BCUT2D eigenvalue weighted by molar-refractivity contribution is 7.99. The van der Waals surface area contributed by atoms with E-state index in [-0.39, 0.29) is 18.3 Å².